The van der Waals surface area contributed by atoms with E-state index >= 15 is 0 Å². The zero-order chi connectivity index (χ0) is 16.2. The van der Waals surface area contributed by atoms with Gasteiger partial charge in [-0.15, -0.1) is 5.10 Å². The van der Waals surface area contributed by atoms with Crippen LogP contribution in [0.1, 0.15) is 15.9 Å². The van der Waals surface area contributed by atoms with E-state index in [2.05, 4.69) is 25.6 Å². The maximum absolute atomic E-state index is 11.0. The van der Waals surface area contributed by atoms with Crippen LogP contribution in [-0.4, -0.2) is 36.0 Å². The topological polar surface area (TPSA) is 106 Å². The number of aromatic carboxylic acids is 1. The molecule has 0 saturated carbocycles. The number of hydrogen-bond acceptors (Lipinski definition) is 6. The summed E-state index contributed by atoms with van der Waals surface area (Å²) < 4.78 is 1.60. The molecule has 116 valence electrons. The molecule has 0 spiro atoms. The summed E-state index contributed by atoms with van der Waals surface area (Å²) in [6, 6.07) is 8.46. The van der Waals surface area contributed by atoms with Gasteiger partial charge in [0.15, 0.2) is 0 Å². The highest BCUT2D eigenvalue weighted by Gasteiger charge is 2.07. The lowest BCUT2D eigenvalue weighted by molar-refractivity contribution is 0.0697. The maximum atomic E-state index is 11.0. The summed E-state index contributed by atoms with van der Waals surface area (Å²) in [4.78, 5) is 19.5. The van der Waals surface area contributed by atoms with Crippen LogP contribution in [0.15, 0.2) is 42.7 Å². The molecule has 0 radical (unpaired) electrons. The van der Waals surface area contributed by atoms with Crippen LogP contribution in [-0.2, 0) is 13.6 Å². The summed E-state index contributed by atoms with van der Waals surface area (Å²) in [5.74, 6) is -0.512. The number of aromatic nitrogens is 5. The van der Waals surface area contributed by atoms with Crippen LogP contribution in [0.25, 0.3) is 11.4 Å². The van der Waals surface area contributed by atoms with Gasteiger partial charge in [-0.2, -0.15) is 0 Å². The summed E-state index contributed by atoms with van der Waals surface area (Å²) in [5, 5.41) is 20.0. The minimum atomic E-state index is -0.951. The predicted molar refractivity (Wildman–Crippen MR) is 82.8 cm³/mol. The molecule has 0 bridgehead atoms. The van der Waals surface area contributed by atoms with Crippen molar-refractivity contribution in [3.63, 3.8) is 0 Å². The molecule has 8 heteroatoms. The molecule has 2 heterocycles. The van der Waals surface area contributed by atoms with Gasteiger partial charge in [0.25, 0.3) is 0 Å². The van der Waals surface area contributed by atoms with Crippen LogP contribution < -0.4 is 5.32 Å². The Morgan fingerprint density at radius 3 is 2.91 bits per heavy atom. The van der Waals surface area contributed by atoms with Crippen LogP contribution >= 0.6 is 0 Å². The van der Waals surface area contributed by atoms with Gasteiger partial charge in [-0.3, -0.25) is 4.68 Å². The Balaban J connectivity index is 1.74. The molecule has 0 saturated heterocycles. The van der Waals surface area contributed by atoms with E-state index in [1.807, 2.05) is 6.07 Å². The normalized spacial score (nSPS) is 10.5. The molecule has 0 atom stereocenters. The predicted octanol–water partition coefficient (Wildman–Crippen LogP) is 1.58. The van der Waals surface area contributed by atoms with E-state index in [4.69, 9.17) is 5.11 Å². The molecule has 0 fully saturated rings. The lowest BCUT2D eigenvalue weighted by Crippen LogP contribution is -2.05. The van der Waals surface area contributed by atoms with Crippen LogP contribution in [0, 0.1) is 0 Å². The second-order valence-electron chi connectivity index (χ2n) is 4.90. The Labute approximate surface area is 131 Å². The third-order valence-corrected chi connectivity index (χ3v) is 3.15. The lowest BCUT2D eigenvalue weighted by atomic mass is 10.1. The van der Waals surface area contributed by atoms with Gasteiger partial charge in [0.05, 0.1) is 17.5 Å². The van der Waals surface area contributed by atoms with Crippen molar-refractivity contribution in [1.82, 2.24) is 25.0 Å². The van der Waals surface area contributed by atoms with Crippen molar-refractivity contribution in [3.05, 3.63) is 53.9 Å². The van der Waals surface area contributed by atoms with Crippen molar-refractivity contribution in [2.75, 3.05) is 5.32 Å². The fourth-order valence-electron chi connectivity index (χ4n) is 2.05. The largest absolute Gasteiger partial charge is 0.478 e. The van der Waals surface area contributed by atoms with Crippen molar-refractivity contribution >= 4 is 11.9 Å². The number of benzene rings is 1. The van der Waals surface area contributed by atoms with E-state index in [9.17, 15) is 4.79 Å². The molecular formula is C15H14N6O2. The van der Waals surface area contributed by atoms with Crippen molar-refractivity contribution in [2.45, 2.75) is 6.54 Å². The minimum Gasteiger partial charge on any atom is -0.478 e. The number of aryl methyl sites for hydroxylation is 1. The van der Waals surface area contributed by atoms with Gasteiger partial charge in [0.2, 0.25) is 5.95 Å². The van der Waals surface area contributed by atoms with Gasteiger partial charge < -0.3 is 10.4 Å². The number of nitrogens with zero attached hydrogens (tertiary/aromatic N) is 5. The molecule has 2 aromatic heterocycles. The third-order valence-electron chi connectivity index (χ3n) is 3.15. The number of carbonyl (C=O) groups is 1. The average molecular weight is 310 g/mol. The first-order chi connectivity index (χ1) is 11.1. The van der Waals surface area contributed by atoms with Gasteiger partial charge in [-0.1, -0.05) is 17.3 Å². The third kappa shape index (κ3) is 3.49. The molecule has 0 aliphatic rings. The molecule has 2 N–H and O–H groups in total. The van der Waals surface area contributed by atoms with Gasteiger partial charge >= 0.3 is 5.97 Å². The Morgan fingerprint density at radius 2 is 2.17 bits per heavy atom. The first-order valence-corrected chi connectivity index (χ1v) is 6.87. The van der Waals surface area contributed by atoms with E-state index < -0.39 is 5.97 Å². The number of nitrogens with one attached hydrogen (secondary N) is 1. The number of carboxylic acids is 1. The Kier molecular flexibility index (Phi) is 3.96. The molecule has 3 aromatic rings. The van der Waals surface area contributed by atoms with Crippen LogP contribution in [0.3, 0.4) is 0 Å². The molecule has 0 amide bonds. The summed E-state index contributed by atoms with van der Waals surface area (Å²) in [6.07, 6.45) is 3.40. The van der Waals surface area contributed by atoms with E-state index in [0.717, 1.165) is 5.56 Å². The molecule has 3 rings (SSSR count). The second-order valence-corrected chi connectivity index (χ2v) is 4.90. The zero-order valence-electron chi connectivity index (χ0n) is 12.3. The molecule has 8 nitrogen and oxygen atoms in total. The van der Waals surface area contributed by atoms with Gasteiger partial charge in [-0.25, -0.2) is 14.8 Å². The molecule has 1 aromatic carbocycles. The van der Waals surface area contributed by atoms with Crippen molar-refractivity contribution in [1.29, 1.82) is 0 Å². The fourth-order valence-corrected chi connectivity index (χ4v) is 2.05. The van der Waals surface area contributed by atoms with Crippen LogP contribution in [0.4, 0.5) is 5.95 Å². The quantitative estimate of drug-likeness (QED) is 0.737. The Hall–Kier alpha value is -3.29. The molecule has 0 unspecified atom stereocenters. The summed E-state index contributed by atoms with van der Waals surface area (Å²) in [5.41, 5.74) is 2.40. The van der Waals surface area contributed by atoms with E-state index in [0.29, 0.717) is 23.9 Å². The molecule has 23 heavy (non-hydrogen) atoms. The van der Waals surface area contributed by atoms with Crippen molar-refractivity contribution < 1.29 is 9.90 Å². The second kappa shape index (κ2) is 6.22. The monoisotopic (exact) mass is 310 g/mol. The highest BCUT2D eigenvalue weighted by atomic mass is 16.4. The number of hydrogen-bond donors (Lipinski definition) is 2. The summed E-state index contributed by atoms with van der Waals surface area (Å²) >= 11 is 0. The van der Waals surface area contributed by atoms with Crippen LogP contribution in [0.2, 0.25) is 0 Å². The molecule has 0 aliphatic heterocycles. The van der Waals surface area contributed by atoms with Gasteiger partial charge in [0.1, 0.15) is 5.69 Å². The fraction of sp³-hybridized carbons (Fsp3) is 0.133. The highest BCUT2D eigenvalue weighted by molar-refractivity contribution is 5.87. The summed E-state index contributed by atoms with van der Waals surface area (Å²) in [6.45, 7) is 0.422. The Morgan fingerprint density at radius 1 is 1.30 bits per heavy atom. The first-order valence-electron chi connectivity index (χ1n) is 6.87. The standard InChI is InChI=1S/C15H14N6O2/c1-21-9-13(19-20-21)12-5-6-16-15(18-12)17-8-10-3-2-4-11(7-10)14(22)23/h2-7,9H,8H2,1H3,(H,22,23)(H,16,17,18). The summed E-state index contributed by atoms with van der Waals surface area (Å²) in [7, 11) is 1.78. The van der Waals surface area contributed by atoms with Crippen molar-refractivity contribution in [2.24, 2.45) is 7.05 Å². The number of carboxylic acid groups (broad SMARTS) is 1. The molecule has 0 aliphatic carbocycles. The van der Waals surface area contributed by atoms with E-state index in [1.165, 1.54) is 0 Å². The SMILES string of the molecule is Cn1cc(-c2ccnc(NCc3cccc(C(=O)O)c3)n2)nn1. The van der Waals surface area contributed by atoms with E-state index in [-0.39, 0.29) is 5.56 Å². The first kappa shape index (κ1) is 14.6. The van der Waals surface area contributed by atoms with E-state index in [1.54, 1.807) is 48.4 Å². The van der Waals surface area contributed by atoms with Gasteiger partial charge in [0, 0.05) is 19.8 Å². The number of anilines is 1. The highest BCUT2D eigenvalue weighted by Crippen LogP contribution is 2.14. The molecular weight excluding hydrogens is 296 g/mol. The Bertz CT molecular complexity index is 845. The average Bonchev–Trinajstić information content (AvgIpc) is 3.00. The van der Waals surface area contributed by atoms with Crippen LogP contribution in [0.5, 0.6) is 0 Å². The number of rotatable bonds is 5. The lowest BCUT2D eigenvalue weighted by Gasteiger charge is -2.06. The maximum Gasteiger partial charge on any atom is 0.335 e. The zero-order valence-corrected chi connectivity index (χ0v) is 12.3. The van der Waals surface area contributed by atoms with Gasteiger partial charge in [-0.05, 0) is 23.8 Å². The smallest absolute Gasteiger partial charge is 0.335 e. The minimum absolute atomic E-state index is 0.249. The van der Waals surface area contributed by atoms with Crippen molar-refractivity contribution in [3.8, 4) is 11.4 Å².